The van der Waals surface area contributed by atoms with Gasteiger partial charge < -0.3 is 11.5 Å². The molecule has 0 bridgehead atoms. The van der Waals surface area contributed by atoms with Gasteiger partial charge >= 0.3 is 0 Å². The van der Waals surface area contributed by atoms with Gasteiger partial charge in [0.15, 0.2) is 0 Å². The first-order valence-corrected chi connectivity index (χ1v) is 6.06. The Morgan fingerprint density at radius 2 is 1.60 bits per heavy atom. The molecule has 1 aliphatic rings. The third-order valence-corrected chi connectivity index (χ3v) is 3.26. The molecule has 6 heteroatoms. The number of anilines is 1. The van der Waals surface area contributed by atoms with Crippen molar-refractivity contribution < 1.29 is 0 Å². The molecule has 0 aliphatic heterocycles. The highest BCUT2D eigenvalue weighted by atomic mass is 15.6. The van der Waals surface area contributed by atoms with E-state index >= 15 is 0 Å². The van der Waals surface area contributed by atoms with Crippen LogP contribution < -0.4 is 16.9 Å². The maximum Gasteiger partial charge on any atom is 0.215 e. The van der Waals surface area contributed by atoms with Crippen molar-refractivity contribution in [2.45, 2.75) is 0 Å². The van der Waals surface area contributed by atoms with E-state index < -0.39 is 0 Å². The second-order valence-corrected chi connectivity index (χ2v) is 4.52. The van der Waals surface area contributed by atoms with Crippen molar-refractivity contribution in [3.63, 3.8) is 0 Å². The van der Waals surface area contributed by atoms with E-state index in [0.717, 1.165) is 32.6 Å². The molecule has 0 heterocycles. The van der Waals surface area contributed by atoms with Crippen LogP contribution in [0.15, 0.2) is 30.3 Å². The zero-order valence-corrected chi connectivity index (χ0v) is 10.6. The van der Waals surface area contributed by atoms with Gasteiger partial charge in [-0.3, -0.25) is 16.2 Å². The van der Waals surface area contributed by atoms with Crippen molar-refractivity contribution in [3.8, 4) is 0 Å². The third-order valence-electron chi connectivity index (χ3n) is 3.26. The van der Waals surface area contributed by atoms with Gasteiger partial charge in [-0.1, -0.05) is 36.4 Å². The summed E-state index contributed by atoms with van der Waals surface area (Å²) >= 11 is 0. The third kappa shape index (κ3) is 1.74. The maximum atomic E-state index is 7.44. The Morgan fingerprint density at radius 3 is 2.25 bits per heavy atom. The first-order chi connectivity index (χ1) is 9.58. The molecule has 0 fully saturated rings. The quantitative estimate of drug-likeness (QED) is 0.276. The maximum absolute atomic E-state index is 7.44. The van der Waals surface area contributed by atoms with Crippen molar-refractivity contribution >= 4 is 40.5 Å². The Morgan fingerprint density at radius 1 is 0.950 bits per heavy atom. The first kappa shape index (κ1) is 12.0. The van der Waals surface area contributed by atoms with Crippen LogP contribution in [0, 0.1) is 10.8 Å². The molecule has 0 atom stereocenters. The van der Waals surface area contributed by atoms with Crippen LogP contribution >= 0.6 is 0 Å². The van der Waals surface area contributed by atoms with Gasteiger partial charge in [0.05, 0.1) is 5.69 Å². The van der Waals surface area contributed by atoms with Gasteiger partial charge in [0.2, 0.25) is 11.9 Å². The number of nitrogens with two attached hydrogens (primary N) is 2. The molecule has 20 heavy (non-hydrogen) atoms. The molecule has 6 nitrogen and oxygen atoms in total. The van der Waals surface area contributed by atoms with Gasteiger partial charge in [0, 0.05) is 5.39 Å². The van der Waals surface area contributed by atoms with Gasteiger partial charge in [0.1, 0.15) is 0 Å². The van der Waals surface area contributed by atoms with Crippen LogP contribution in [0.1, 0.15) is 11.1 Å². The average molecular weight is 266 g/mol. The molecule has 7 N–H and O–H groups in total. The number of benzene rings is 2. The fourth-order valence-electron chi connectivity index (χ4n) is 2.39. The molecule has 0 amide bonds. The van der Waals surface area contributed by atoms with Gasteiger partial charge in [-0.05, 0) is 22.6 Å². The van der Waals surface area contributed by atoms with E-state index in [1.807, 2.05) is 30.3 Å². The molecule has 0 aromatic heterocycles. The summed E-state index contributed by atoms with van der Waals surface area (Å²) in [5, 5.41) is 18.0. The fraction of sp³-hybridized carbons (Fsp3) is 0. The highest BCUT2D eigenvalue weighted by Gasteiger charge is 2.15. The van der Waals surface area contributed by atoms with Crippen LogP contribution in [0.3, 0.4) is 0 Å². The van der Waals surface area contributed by atoms with Gasteiger partial charge in [-0.25, -0.2) is 0 Å². The minimum absolute atomic E-state index is 0.334. The van der Waals surface area contributed by atoms with E-state index in [1.54, 1.807) is 0 Å². The average Bonchev–Trinajstić information content (AvgIpc) is 2.82. The van der Waals surface area contributed by atoms with E-state index in [-0.39, 0.29) is 11.9 Å². The summed E-state index contributed by atoms with van der Waals surface area (Å²) in [4.78, 5) is 0. The first-order valence-electron chi connectivity index (χ1n) is 6.06. The highest BCUT2D eigenvalue weighted by molar-refractivity contribution is 6.09. The van der Waals surface area contributed by atoms with E-state index in [9.17, 15) is 0 Å². The molecule has 0 spiro atoms. The largest absolute Gasteiger partial charge is 0.368 e. The molecular weight excluding hydrogens is 252 g/mol. The van der Waals surface area contributed by atoms with E-state index in [2.05, 4.69) is 17.6 Å². The number of nitrogens with one attached hydrogen (secondary N) is 3. The Balaban J connectivity index is 2.11. The van der Waals surface area contributed by atoms with Crippen molar-refractivity contribution in [1.82, 2.24) is 5.01 Å². The van der Waals surface area contributed by atoms with E-state index in [4.69, 9.17) is 22.3 Å². The molecule has 3 rings (SSSR count). The topological polar surface area (TPSA) is 115 Å². The zero-order valence-electron chi connectivity index (χ0n) is 10.6. The van der Waals surface area contributed by atoms with Crippen LogP contribution in [0.4, 0.5) is 5.69 Å². The Bertz CT molecular complexity index is 735. The lowest BCUT2D eigenvalue weighted by molar-refractivity contribution is 0.701. The van der Waals surface area contributed by atoms with Crippen LogP contribution in [-0.4, -0.2) is 16.9 Å². The molecular formula is C14H14N6. The minimum atomic E-state index is -0.334. The number of guanidine groups is 2. The Hall–Kier alpha value is -3.02. The SMILES string of the molecule is N=C(N)N(Nc1ccc2c3c(cccc13)C=C2)C(=N)N. The van der Waals surface area contributed by atoms with Crippen LogP contribution in [0.5, 0.6) is 0 Å². The number of rotatable bonds is 2. The molecule has 1 aliphatic carbocycles. The minimum Gasteiger partial charge on any atom is -0.368 e. The zero-order chi connectivity index (χ0) is 14.3. The molecule has 0 radical (unpaired) electrons. The van der Waals surface area contributed by atoms with E-state index in [0.29, 0.717) is 0 Å². The number of hydrogen-bond donors (Lipinski definition) is 5. The predicted molar refractivity (Wildman–Crippen MR) is 82.2 cm³/mol. The van der Waals surface area contributed by atoms with E-state index in [1.165, 1.54) is 0 Å². The molecule has 100 valence electrons. The van der Waals surface area contributed by atoms with Crippen molar-refractivity contribution in [2.24, 2.45) is 11.5 Å². The summed E-state index contributed by atoms with van der Waals surface area (Å²) in [6.45, 7) is 0. The summed E-state index contributed by atoms with van der Waals surface area (Å²) in [5.74, 6) is -0.669. The smallest absolute Gasteiger partial charge is 0.215 e. The highest BCUT2D eigenvalue weighted by Crippen LogP contribution is 2.35. The lowest BCUT2D eigenvalue weighted by atomic mass is 10.0. The fourth-order valence-corrected chi connectivity index (χ4v) is 2.39. The second-order valence-electron chi connectivity index (χ2n) is 4.52. The van der Waals surface area contributed by atoms with Crippen molar-refractivity contribution in [1.29, 1.82) is 10.8 Å². The molecule has 0 unspecified atom stereocenters. The van der Waals surface area contributed by atoms with Crippen LogP contribution in [0.25, 0.3) is 22.9 Å². The number of nitrogens with zero attached hydrogens (tertiary/aromatic N) is 1. The number of hydrogen-bond acceptors (Lipinski definition) is 3. The lowest BCUT2D eigenvalue weighted by Gasteiger charge is -2.23. The van der Waals surface area contributed by atoms with Crippen molar-refractivity contribution in [2.75, 3.05) is 5.43 Å². The molecule has 2 aromatic rings. The summed E-state index contributed by atoms with van der Waals surface area (Å²) in [7, 11) is 0. The van der Waals surface area contributed by atoms with Gasteiger partial charge in [0.25, 0.3) is 0 Å². The molecule has 0 saturated carbocycles. The van der Waals surface area contributed by atoms with Crippen molar-refractivity contribution in [3.05, 3.63) is 41.5 Å². The predicted octanol–water partition coefficient (Wildman–Crippen LogP) is 1.74. The standard InChI is InChI=1S/C14H14N6/c15-13(16)20(14(17)18)19-11-7-6-9-5-4-8-2-1-3-10(11)12(8)9/h1-7,19H,(H3,15,16)(H3,17,18). The summed E-state index contributed by atoms with van der Waals surface area (Å²) < 4.78 is 0. The second kappa shape index (κ2) is 4.27. The number of hydrazine groups is 1. The Labute approximate surface area is 115 Å². The molecule has 0 saturated heterocycles. The van der Waals surface area contributed by atoms with Gasteiger partial charge in [-0.15, -0.1) is 0 Å². The summed E-state index contributed by atoms with van der Waals surface area (Å²) in [6, 6.07) is 9.86. The monoisotopic (exact) mass is 266 g/mol. The normalized spacial score (nSPS) is 11.6. The summed E-state index contributed by atoms with van der Waals surface area (Å²) in [6.07, 6.45) is 4.13. The van der Waals surface area contributed by atoms with Gasteiger partial charge in [-0.2, -0.15) is 5.01 Å². The summed E-state index contributed by atoms with van der Waals surface area (Å²) in [5.41, 5.74) is 16.8. The molecule has 2 aromatic carbocycles. The lowest BCUT2D eigenvalue weighted by Crippen LogP contribution is -2.48. The van der Waals surface area contributed by atoms with Crippen LogP contribution in [-0.2, 0) is 0 Å². The Kier molecular flexibility index (Phi) is 2.57. The van der Waals surface area contributed by atoms with Crippen LogP contribution in [0.2, 0.25) is 0 Å².